The van der Waals surface area contributed by atoms with Crippen molar-refractivity contribution in [2.24, 2.45) is 11.7 Å². The molecule has 2 N–H and O–H groups in total. The van der Waals surface area contributed by atoms with Gasteiger partial charge in [0.05, 0.1) is 0 Å². The van der Waals surface area contributed by atoms with E-state index >= 15 is 0 Å². The Bertz CT molecular complexity index is 552. The smallest absolute Gasteiger partial charge is 0.250 e. The number of pyridine rings is 1. The molecule has 1 aromatic rings. The monoisotopic (exact) mass is 261 g/mol. The predicted molar refractivity (Wildman–Crippen MR) is 71.8 cm³/mol. The number of carbonyl (C=O) groups is 1. The first-order valence-corrected chi connectivity index (χ1v) is 6.86. The molecule has 0 saturated carbocycles. The van der Waals surface area contributed by atoms with Gasteiger partial charge in [-0.25, -0.2) is 0 Å². The molecule has 19 heavy (non-hydrogen) atoms. The fraction of sp³-hybridized carbons (Fsp3) is 0.571. The van der Waals surface area contributed by atoms with E-state index in [4.69, 9.17) is 5.73 Å². The molecule has 3 heterocycles. The number of amides is 1. The van der Waals surface area contributed by atoms with Crippen LogP contribution in [-0.2, 0) is 11.3 Å². The van der Waals surface area contributed by atoms with Gasteiger partial charge in [0.2, 0.25) is 5.91 Å². The second-order valence-electron chi connectivity index (χ2n) is 5.54. The van der Waals surface area contributed by atoms with Crippen LogP contribution < -0.4 is 11.3 Å². The van der Waals surface area contributed by atoms with E-state index in [1.165, 1.54) is 0 Å². The minimum Gasteiger partial charge on any atom is -0.342 e. The molecule has 102 valence electrons. The Morgan fingerprint density at radius 2 is 2.16 bits per heavy atom. The third-order valence-electron chi connectivity index (χ3n) is 4.19. The molecule has 1 saturated heterocycles. The molecule has 3 rings (SSSR count). The van der Waals surface area contributed by atoms with Gasteiger partial charge in [-0.3, -0.25) is 9.59 Å². The quantitative estimate of drug-likeness (QED) is 0.823. The SMILES string of the molecule is NCCC(=O)N1CC2C[C@@H](C1)c1cccc(=O)n1C2. The van der Waals surface area contributed by atoms with Gasteiger partial charge in [-0.15, -0.1) is 0 Å². The number of likely N-dealkylation sites (tertiary alicyclic amines) is 1. The van der Waals surface area contributed by atoms with Crippen LogP contribution in [0.2, 0.25) is 0 Å². The van der Waals surface area contributed by atoms with Crippen molar-refractivity contribution < 1.29 is 4.79 Å². The minimum absolute atomic E-state index is 0.0777. The average Bonchev–Trinajstić information content (AvgIpc) is 2.40. The Hall–Kier alpha value is -1.62. The van der Waals surface area contributed by atoms with Crippen LogP contribution in [0.25, 0.3) is 0 Å². The van der Waals surface area contributed by atoms with Gasteiger partial charge in [0.1, 0.15) is 0 Å². The Morgan fingerprint density at radius 1 is 1.32 bits per heavy atom. The van der Waals surface area contributed by atoms with Gasteiger partial charge in [-0.05, 0) is 18.4 Å². The number of hydrogen-bond acceptors (Lipinski definition) is 3. The average molecular weight is 261 g/mol. The molecule has 0 spiro atoms. The van der Waals surface area contributed by atoms with E-state index in [2.05, 4.69) is 0 Å². The molecule has 5 nitrogen and oxygen atoms in total. The van der Waals surface area contributed by atoms with Crippen molar-refractivity contribution in [1.29, 1.82) is 0 Å². The summed E-state index contributed by atoms with van der Waals surface area (Å²) in [6, 6.07) is 5.44. The summed E-state index contributed by atoms with van der Waals surface area (Å²) in [5.41, 5.74) is 6.61. The predicted octanol–water partition coefficient (Wildman–Crippen LogP) is 0.143. The summed E-state index contributed by atoms with van der Waals surface area (Å²) in [5.74, 6) is 0.833. The van der Waals surface area contributed by atoms with Gasteiger partial charge >= 0.3 is 0 Å². The van der Waals surface area contributed by atoms with Gasteiger partial charge in [0.25, 0.3) is 5.56 Å². The van der Waals surface area contributed by atoms with Gasteiger partial charge in [-0.1, -0.05) is 6.07 Å². The van der Waals surface area contributed by atoms with Crippen LogP contribution in [0, 0.1) is 5.92 Å². The Labute approximate surface area is 112 Å². The van der Waals surface area contributed by atoms with E-state index in [0.29, 0.717) is 24.8 Å². The second kappa shape index (κ2) is 4.81. The highest BCUT2D eigenvalue weighted by Gasteiger charge is 2.35. The summed E-state index contributed by atoms with van der Waals surface area (Å²) in [6.45, 7) is 2.62. The van der Waals surface area contributed by atoms with Crippen molar-refractivity contribution in [2.45, 2.75) is 25.3 Å². The summed E-state index contributed by atoms with van der Waals surface area (Å²) in [4.78, 5) is 25.8. The summed E-state index contributed by atoms with van der Waals surface area (Å²) < 4.78 is 1.88. The normalized spacial score (nSPS) is 25.0. The van der Waals surface area contributed by atoms with Crippen molar-refractivity contribution in [1.82, 2.24) is 9.47 Å². The van der Waals surface area contributed by atoms with E-state index in [9.17, 15) is 9.59 Å². The fourth-order valence-electron chi connectivity index (χ4n) is 3.38. The van der Waals surface area contributed by atoms with Crippen LogP contribution in [0.15, 0.2) is 23.0 Å². The number of rotatable bonds is 2. The molecule has 1 unspecified atom stereocenters. The third-order valence-corrected chi connectivity index (χ3v) is 4.19. The second-order valence-corrected chi connectivity index (χ2v) is 5.54. The number of fused-ring (bicyclic) bond motifs is 4. The van der Waals surface area contributed by atoms with E-state index in [0.717, 1.165) is 31.7 Å². The lowest BCUT2D eigenvalue weighted by atomic mass is 9.83. The van der Waals surface area contributed by atoms with E-state index in [1.807, 2.05) is 21.6 Å². The fourth-order valence-corrected chi connectivity index (χ4v) is 3.38. The Morgan fingerprint density at radius 3 is 2.95 bits per heavy atom. The first-order valence-electron chi connectivity index (χ1n) is 6.86. The maximum absolute atomic E-state index is 12.0. The highest BCUT2D eigenvalue weighted by atomic mass is 16.2. The lowest BCUT2D eigenvalue weighted by Gasteiger charge is -2.42. The number of nitrogens with zero attached hydrogens (tertiary/aromatic N) is 2. The number of carbonyl (C=O) groups excluding carboxylic acids is 1. The standard InChI is InChI=1S/C14H19N3O2/c15-5-4-13(18)16-7-10-6-11(9-16)12-2-1-3-14(19)17(12)8-10/h1-3,10-11H,4-9,15H2/t10?,11-/m0/s1. The molecular weight excluding hydrogens is 242 g/mol. The lowest BCUT2D eigenvalue weighted by Crippen LogP contribution is -2.49. The Kier molecular flexibility index (Phi) is 3.14. The molecule has 1 fully saturated rings. The highest BCUT2D eigenvalue weighted by molar-refractivity contribution is 5.76. The van der Waals surface area contributed by atoms with Crippen molar-refractivity contribution in [3.8, 4) is 0 Å². The molecule has 2 aliphatic rings. The van der Waals surface area contributed by atoms with Crippen LogP contribution >= 0.6 is 0 Å². The van der Waals surface area contributed by atoms with Gasteiger partial charge in [0, 0.05) is 50.3 Å². The minimum atomic E-state index is 0.0777. The zero-order valence-corrected chi connectivity index (χ0v) is 10.9. The molecule has 0 aliphatic carbocycles. The molecule has 1 aromatic heterocycles. The van der Waals surface area contributed by atoms with Crippen LogP contribution in [0.5, 0.6) is 0 Å². The summed E-state index contributed by atoms with van der Waals surface area (Å²) in [7, 11) is 0. The highest BCUT2D eigenvalue weighted by Crippen LogP contribution is 2.34. The first kappa shape index (κ1) is 12.4. The largest absolute Gasteiger partial charge is 0.342 e. The van der Waals surface area contributed by atoms with Crippen LogP contribution in [0.1, 0.15) is 24.5 Å². The van der Waals surface area contributed by atoms with Crippen molar-refractivity contribution >= 4 is 5.91 Å². The summed E-state index contributed by atoms with van der Waals surface area (Å²) >= 11 is 0. The topological polar surface area (TPSA) is 68.3 Å². The number of nitrogens with two attached hydrogens (primary N) is 1. The molecule has 2 atom stereocenters. The van der Waals surface area contributed by atoms with Crippen LogP contribution in [0.4, 0.5) is 0 Å². The zero-order valence-electron chi connectivity index (χ0n) is 10.9. The van der Waals surface area contributed by atoms with Crippen molar-refractivity contribution in [3.63, 3.8) is 0 Å². The molecular formula is C14H19N3O2. The Balaban J connectivity index is 1.88. The van der Waals surface area contributed by atoms with Crippen LogP contribution in [-0.4, -0.2) is 35.0 Å². The number of piperidine rings is 1. The molecule has 2 bridgehead atoms. The number of aromatic nitrogens is 1. The summed E-state index contributed by atoms with van der Waals surface area (Å²) in [5, 5.41) is 0. The molecule has 2 aliphatic heterocycles. The van der Waals surface area contributed by atoms with Crippen molar-refractivity contribution in [2.75, 3.05) is 19.6 Å². The maximum Gasteiger partial charge on any atom is 0.250 e. The summed E-state index contributed by atoms with van der Waals surface area (Å²) in [6.07, 6.45) is 1.50. The molecule has 0 aromatic carbocycles. The maximum atomic E-state index is 12.0. The van der Waals surface area contributed by atoms with Crippen LogP contribution in [0.3, 0.4) is 0 Å². The van der Waals surface area contributed by atoms with E-state index in [-0.39, 0.29) is 11.5 Å². The van der Waals surface area contributed by atoms with E-state index in [1.54, 1.807) is 6.07 Å². The lowest BCUT2D eigenvalue weighted by molar-refractivity contribution is -0.133. The van der Waals surface area contributed by atoms with Gasteiger partial charge in [0.15, 0.2) is 0 Å². The number of hydrogen-bond donors (Lipinski definition) is 1. The van der Waals surface area contributed by atoms with E-state index < -0.39 is 0 Å². The molecule has 0 radical (unpaired) electrons. The first-order chi connectivity index (χ1) is 9.19. The van der Waals surface area contributed by atoms with Crippen molar-refractivity contribution in [3.05, 3.63) is 34.2 Å². The van der Waals surface area contributed by atoms with Gasteiger partial charge < -0.3 is 15.2 Å². The molecule has 5 heteroatoms. The molecule has 1 amide bonds. The van der Waals surface area contributed by atoms with Gasteiger partial charge in [-0.2, -0.15) is 0 Å². The third kappa shape index (κ3) is 2.18. The zero-order chi connectivity index (χ0) is 13.4.